The van der Waals surface area contributed by atoms with E-state index in [1.54, 1.807) is 0 Å². The Balaban J connectivity index is 2.12. The summed E-state index contributed by atoms with van der Waals surface area (Å²) in [5.74, 6) is 0. The molecule has 3 rings (SSSR count). The van der Waals surface area contributed by atoms with E-state index in [4.69, 9.17) is 5.73 Å². The fraction of sp³-hybridized carbons (Fsp3) is 0.357. The zero-order chi connectivity index (χ0) is 11.7. The van der Waals surface area contributed by atoms with Crippen molar-refractivity contribution in [3.8, 4) is 5.69 Å². The summed E-state index contributed by atoms with van der Waals surface area (Å²) in [5, 5.41) is 4.54. The van der Waals surface area contributed by atoms with Gasteiger partial charge >= 0.3 is 0 Å². The Hall–Kier alpha value is -1.61. The van der Waals surface area contributed by atoms with Crippen LogP contribution in [0.5, 0.6) is 0 Å². The fourth-order valence-electron chi connectivity index (χ4n) is 2.59. The molecule has 0 unspecified atom stereocenters. The minimum absolute atomic E-state index is 0.560. The molecule has 0 spiro atoms. The third-order valence-electron chi connectivity index (χ3n) is 3.50. The molecule has 0 bridgehead atoms. The van der Waals surface area contributed by atoms with Crippen LogP contribution >= 0.6 is 0 Å². The summed E-state index contributed by atoms with van der Waals surface area (Å²) in [5.41, 5.74) is 10.9. The highest BCUT2D eigenvalue weighted by atomic mass is 15.3. The molecule has 2 aromatic rings. The number of benzene rings is 1. The van der Waals surface area contributed by atoms with Crippen molar-refractivity contribution in [2.75, 3.05) is 0 Å². The molecule has 3 heteroatoms. The molecule has 1 aromatic carbocycles. The molecular formula is C14H17N3. The van der Waals surface area contributed by atoms with Gasteiger partial charge in [0.05, 0.1) is 11.9 Å². The van der Waals surface area contributed by atoms with E-state index < -0.39 is 0 Å². The van der Waals surface area contributed by atoms with Gasteiger partial charge in [-0.25, -0.2) is 4.68 Å². The topological polar surface area (TPSA) is 43.8 Å². The van der Waals surface area contributed by atoms with E-state index >= 15 is 0 Å². The second-order valence-electron chi connectivity index (χ2n) is 4.57. The van der Waals surface area contributed by atoms with Gasteiger partial charge in [0.1, 0.15) is 0 Å². The molecule has 0 radical (unpaired) electrons. The molecule has 0 atom stereocenters. The SMILES string of the molecule is NCc1ccccc1-n1ncc2c1CCCC2. The van der Waals surface area contributed by atoms with Crippen molar-refractivity contribution in [3.63, 3.8) is 0 Å². The molecule has 0 aliphatic heterocycles. The monoisotopic (exact) mass is 227 g/mol. The molecule has 1 heterocycles. The van der Waals surface area contributed by atoms with E-state index in [-0.39, 0.29) is 0 Å². The van der Waals surface area contributed by atoms with Gasteiger partial charge in [0.15, 0.2) is 0 Å². The van der Waals surface area contributed by atoms with Crippen molar-refractivity contribution >= 4 is 0 Å². The molecule has 0 amide bonds. The number of nitrogens with zero attached hydrogens (tertiary/aromatic N) is 2. The Morgan fingerprint density at radius 1 is 1.18 bits per heavy atom. The molecule has 0 saturated carbocycles. The van der Waals surface area contributed by atoms with Crippen LogP contribution in [0.15, 0.2) is 30.5 Å². The van der Waals surface area contributed by atoms with Crippen LogP contribution in [0, 0.1) is 0 Å². The van der Waals surface area contributed by atoms with Gasteiger partial charge in [0, 0.05) is 12.2 Å². The highest BCUT2D eigenvalue weighted by Crippen LogP contribution is 2.24. The normalized spacial score (nSPS) is 14.6. The van der Waals surface area contributed by atoms with E-state index in [1.165, 1.54) is 30.5 Å². The smallest absolute Gasteiger partial charge is 0.0693 e. The third-order valence-corrected chi connectivity index (χ3v) is 3.50. The predicted octanol–water partition coefficient (Wildman–Crippen LogP) is 2.21. The maximum Gasteiger partial charge on any atom is 0.0693 e. The second-order valence-corrected chi connectivity index (χ2v) is 4.57. The Labute approximate surface area is 101 Å². The lowest BCUT2D eigenvalue weighted by atomic mass is 9.98. The first-order valence-corrected chi connectivity index (χ1v) is 6.24. The largest absolute Gasteiger partial charge is 0.326 e. The number of nitrogens with two attached hydrogens (primary N) is 1. The zero-order valence-electron chi connectivity index (χ0n) is 9.89. The number of para-hydroxylation sites is 1. The van der Waals surface area contributed by atoms with Crippen LogP contribution in [-0.4, -0.2) is 9.78 Å². The highest BCUT2D eigenvalue weighted by Gasteiger charge is 2.16. The number of hydrogen-bond acceptors (Lipinski definition) is 2. The summed E-state index contributed by atoms with van der Waals surface area (Å²) in [6, 6.07) is 8.25. The summed E-state index contributed by atoms with van der Waals surface area (Å²) in [6.07, 6.45) is 6.87. The number of hydrogen-bond donors (Lipinski definition) is 1. The molecule has 1 aromatic heterocycles. The van der Waals surface area contributed by atoms with E-state index in [2.05, 4.69) is 21.9 Å². The molecule has 17 heavy (non-hydrogen) atoms. The molecule has 1 aliphatic carbocycles. The number of rotatable bonds is 2. The van der Waals surface area contributed by atoms with E-state index in [0.717, 1.165) is 17.7 Å². The van der Waals surface area contributed by atoms with Gasteiger partial charge in [-0.05, 0) is 42.9 Å². The summed E-state index contributed by atoms with van der Waals surface area (Å²) < 4.78 is 2.08. The van der Waals surface area contributed by atoms with Gasteiger partial charge in [-0.15, -0.1) is 0 Å². The molecule has 0 fully saturated rings. The molecule has 1 aliphatic rings. The highest BCUT2D eigenvalue weighted by molar-refractivity contribution is 5.43. The minimum Gasteiger partial charge on any atom is -0.326 e. The third kappa shape index (κ3) is 1.76. The van der Waals surface area contributed by atoms with Gasteiger partial charge in [0.25, 0.3) is 0 Å². The van der Waals surface area contributed by atoms with Crippen molar-refractivity contribution in [1.82, 2.24) is 9.78 Å². The van der Waals surface area contributed by atoms with Crippen LogP contribution in [0.1, 0.15) is 29.7 Å². The molecule has 2 N–H and O–H groups in total. The van der Waals surface area contributed by atoms with Crippen LogP contribution in [0.4, 0.5) is 0 Å². The van der Waals surface area contributed by atoms with Crippen LogP contribution < -0.4 is 5.73 Å². The standard InChI is InChI=1S/C14H17N3/c15-9-11-5-1-3-7-13(11)17-14-8-4-2-6-12(14)10-16-17/h1,3,5,7,10H,2,4,6,8-9,15H2. The summed E-state index contributed by atoms with van der Waals surface area (Å²) in [4.78, 5) is 0. The average molecular weight is 227 g/mol. The summed E-state index contributed by atoms with van der Waals surface area (Å²) in [6.45, 7) is 0.560. The van der Waals surface area contributed by atoms with Crippen molar-refractivity contribution in [3.05, 3.63) is 47.3 Å². The Kier molecular flexibility index (Phi) is 2.69. The van der Waals surface area contributed by atoms with Crippen molar-refractivity contribution in [1.29, 1.82) is 0 Å². The second kappa shape index (κ2) is 4.34. The lowest BCUT2D eigenvalue weighted by Crippen LogP contribution is -2.11. The molecule has 3 nitrogen and oxygen atoms in total. The number of fused-ring (bicyclic) bond motifs is 1. The van der Waals surface area contributed by atoms with E-state index in [0.29, 0.717) is 6.54 Å². The molecule has 88 valence electrons. The van der Waals surface area contributed by atoms with Crippen LogP contribution in [0.3, 0.4) is 0 Å². The zero-order valence-corrected chi connectivity index (χ0v) is 9.89. The number of aromatic nitrogens is 2. The fourth-order valence-corrected chi connectivity index (χ4v) is 2.59. The summed E-state index contributed by atoms with van der Waals surface area (Å²) in [7, 11) is 0. The van der Waals surface area contributed by atoms with E-state index in [1.807, 2.05) is 18.3 Å². The lowest BCUT2D eigenvalue weighted by Gasteiger charge is -2.15. The number of aryl methyl sites for hydroxylation is 1. The first kappa shape index (κ1) is 10.5. The van der Waals surface area contributed by atoms with Crippen LogP contribution in [0.2, 0.25) is 0 Å². The van der Waals surface area contributed by atoms with E-state index in [9.17, 15) is 0 Å². The van der Waals surface area contributed by atoms with Gasteiger partial charge in [-0.3, -0.25) is 0 Å². The lowest BCUT2D eigenvalue weighted by molar-refractivity contribution is 0.652. The quantitative estimate of drug-likeness (QED) is 0.854. The maximum atomic E-state index is 5.79. The van der Waals surface area contributed by atoms with Crippen LogP contribution in [0.25, 0.3) is 5.69 Å². The average Bonchev–Trinajstić information content (AvgIpc) is 2.82. The Morgan fingerprint density at radius 3 is 2.88 bits per heavy atom. The van der Waals surface area contributed by atoms with Crippen LogP contribution in [-0.2, 0) is 19.4 Å². The van der Waals surface area contributed by atoms with Crippen molar-refractivity contribution in [2.45, 2.75) is 32.2 Å². The van der Waals surface area contributed by atoms with Crippen molar-refractivity contribution in [2.24, 2.45) is 5.73 Å². The van der Waals surface area contributed by atoms with Gasteiger partial charge in [-0.1, -0.05) is 18.2 Å². The molecule has 0 saturated heterocycles. The Morgan fingerprint density at radius 2 is 2.00 bits per heavy atom. The minimum atomic E-state index is 0.560. The first-order chi connectivity index (χ1) is 8.40. The van der Waals surface area contributed by atoms with Gasteiger partial charge in [0.2, 0.25) is 0 Å². The van der Waals surface area contributed by atoms with Crippen molar-refractivity contribution < 1.29 is 0 Å². The van der Waals surface area contributed by atoms with Gasteiger partial charge in [-0.2, -0.15) is 5.10 Å². The van der Waals surface area contributed by atoms with Gasteiger partial charge < -0.3 is 5.73 Å². The summed E-state index contributed by atoms with van der Waals surface area (Å²) >= 11 is 0. The maximum absolute atomic E-state index is 5.79. The Bertz CT molecular complexity index is 528. The predicted molar refractivity (Wildman–Crippen MR) is 68.1 cm³/mol. The molecular weight excluding hydrogens is 210 g/mol. The first-order valence-electron chi connectivity index (χ1n) is 6.24.